The van der Waals surface area contributed by atoms with Gasteiger partial charge < -0.3 is 19.3 Å². The maximum absolute atomic E-state index is 12.5. The average molecular weight is 395 g/mol. The molecule has 2 rings (SSSR count). The predicted molar refractivity (Wildman–Crippen MR) is 105 cm³/mol. The highest BCUT2D eigenvalue weighted by molar-refractivity contribution is 5.87. The van der Waals surface area contributed by atoms with Crippen LogP contribution >= 0.6 is 0 Å². The van der Waals surface area contributed by atoms with Crippen LogP contribution in [0.2, 0.25) is 0 Å². The number of hydrogen-bond acceptors (Lipinski definition) is 6. The first-order valence-corrected chi connectivity index (χ1v) is 10.1. The summed E-state index contributed by atoms with van der Waals surface area (Å²) in [5, 5.41) is 11.1. The molecule has 0 aromatic heterocycles. The van der Waals surface area contributed by atoms with Crippen LogP contribution < -0.4 is 0 Å². The van der Waals surface area contributed by atoms with E-state index in [0.29, 0.717) is 5.57 Å². The Morgan fingerprint density at radius 3 is 2.46 bits per heavy atom. The van der Waals surface area contributed by atoms with E-state index in [1.807, 2.05) is 33.8 Å². The van der Waals surface area contributed by atoms with Gasteiger partial charge in [0, 0.05) is 18.4 Å². The highest BCUT2D eigenvalue weighted by Crippen LogP contribution is 2.48. The minimum atomic E-state index is -0.984. The molecule has 1 fully saturated rings. The molecule has 6 heteroatoms. The van der Waals surface area contributed by atoms with Crippen LogP contribution in [0.1, 0.15) is 61.3 Å². The molecule has 0 amide bonds. The minimum absolute atomic E-state index is 0.0246. The van der Waals surface area contributed by atoms with Gasteiger partial charge in [0.15, 0.2) is 0 Å². The maximum atomic E-state index is 12.5. The molecule has 2 aliphatic rings. The van der Waals surface area contributed by atoms with Gasteiger partial charge in [-0.1, -0.05) is 26.0 Å². The van der Waals surface area contributed by atoms with Gasteiger partial charge in [-0.25, -0.2) is 4.79 Å². The molecule has 6 nitrogen and oxygen atoms in total. The summed E-state index contributed by atoms with van der Waals surface area (Å²) in [7, 11) is 0. The average Bonchev–Trinajstić information content (AvgIpc) is 3.28. The van der Waals surface area contributed by atoms with Crippen LogP contribution in [0.15, 0.2) is 23.3 Å². The third-order valence-corrected chi connectivity index (χ3v) is 5.95. The molecule has 0 radical (unpaired) electrons. The topological polar surface area (TPSA) is 85.4 Å². The third-order valence-electron chi connectivity index (χ3n) is 5.95. The zero-order valence-corrected chi connectivity index (χ0v) is 18.0. The van der Waals surface area contributed by atoms with Crippen molar-refractivity contribution in [2.75, 3.05) is 0 Å². The standard InChI is InChI=1S/C22H34O6/c1-8-13(4)21(25)27-18-16(12(2)3)19(26-15(6)23)20-22(7,28-20)11-9-10-14(5)17(18)24/h8,10,12,16-20,24H,9,11H2,1-7H3/b13-8+,14-10-/t16?,17-,18-,19-,20+,22+/m0/s1. The number of aliphatic hydroxyl groups is 1. The van der Waals surface area contributed by atoms with E-state index < -0.39 is 36.2 Å². The van der Waals surface area contributed by atoms with Crippen LogP contribution in [0, 0.1) is 11.8 Å². The van der Waals surface area contributed by atoms with Crippen LogP contribution in [-0.4, -0.2) is 47.1 Å². The summed E-state index contributed by atoms with van der Waals surface area (Å²) >= 11 is 0. The number of esters is 2. The summed E-state index contributed by atoms with van der Waals surface area (Å²) in [4.78, 5) is 24.4. The molecular formula is C22H34O6. The molecule has 6 atom stereocenters. The summed E-state index contributed by atoms with van der Waals surface area (Å²) in [6, 6.07) is 0. The Morgan fingerprint density at radius 2 is 1.93 bits per heavy atom. The Morgan fingerprint density at radius 1 is 1.29 bits per heavy atom. The number of allylic oxidation sites excluding steroid dienone is 2. The molecule has 1 saturated heterocycles. The molecule has 1 aliphatic carbocycles. The van der Waals surface area contributed by atoms with Gasteiger partial charge >= 0.3 is 11.9 Å². The number of aliphatic hydroxyl groups excluding tert-OH is 1. The van der Waals surface area contributed by atoms with Crippen LogP contribution in [0.25, 0.3) is 0 Å². The molecule has 1 heterocycles. The lowest BCUT2D eigenvalue weighted by molar-refractivity contribution is -0.169. The molecule has 158 valence electrons. The first-order chi connectivity index (χ1) is 13.0. The number of carbonyl (C=O) groups excluding carboxylic acids is 2. The van der Waals surface area contributed by atoms with E-state index >= 15 is 0 Å². The summed E-state index contributed by atoms with van der Waals surface area (Å²) < 4.78 is 17.5. The van der Waals surface area contributed by atoms with Crippen molar-refractivity contribution in [3.63, 3.8) is 0 Å². The van der Waals surface area contributed by atoms with E-state index in [-0.39, 0.29) is 17.6 Å². The number of hydrogen-bond donors (Lipinski definition) is 1. The molecule has 28 heavy (non-hydrogen) atoms. The van der Waals surface area contributed by atoms with Gasteiger partial charge in [-0.3, -0.25) is 4.79 Å². The van der Waals surface area contributed by atoms with Crippen LogP contribution in [0.5, 0.6) is 0 Å². The van der Waals surface area contributed by atoms with Gasteiger partial charge in [-0.2, -0.15) is 0 Å². The summed E-state index contributed by atoms with van der Waals surface area (Å²) in [6.07, 6.45) is 2.42. The second-order valence-corrected chi connectivity index (χ2v) is 8.52. The minimum Gasteiger partial charge on any atom is -0.459 e. The quantitative estimate of drug-likeness (QED) is 0.341. The van der Waals surface area contributed by atoms with Gasteiger partial charge in [-0.15, -0.1) is 0 Å². The smallest absolute Gasteiger partial charge is 0.333 e. The summed E-state index contributed by atoms with van der Waals surface area (Å²) in [5.74, 6) is -1.34. The molecule has 1 unspecified atom stereocenters. The Kier molecular flexibility index (Phi) is 7.10. The Labute approximate surface area is 167 Å². The van der Waals surface area contributed by atoms with Crippen LogP contribution in [0.3, 0.4) is 0 Å². The van der Waals surface area contributed by atoms with Crippen molar-refractivity contribution in [2.45, 2.75) is 91.3 Å². The van der Waals surface area contributed by atoms with Crippen molar-refractivity contribution in [1.29, 1.82) is 0 Å². The van der Waals surface area contributed by atoms with E-state index in [9.17, 15) is 14.7 Å². The lowest BCUT2D eigenvalue weighted by Crippen LogP contribution is -2.50. The second-order valence-electron chi connectivity index (χ2n) is 8.52. The summed E-state index contributed by atoms with van der Waals surface area (Å²) in [5.41, 5.74) is 0.816. The Hall–Kier alpha value is -1.66. The van der Waals surface area contributed by atoms with Crippen molar-refractivity contribution in [3.05, 3.63) is 23.3 Å². The fourth-order valence-corrected chi connectivity index (χ4v) is 4.01. The van der Waals surface area contributed by atoms with Crippen molar-refractivity contribution in [1.82, 2.24) is 0 Å². The van der Waals surface area contributed by atoms with Gasteiger partial charge in [-0.05, 0) is 52.0 Å². The number of epoxide rings is 1. The van der Waals surface area contributed by atoms with Crippen molar-refractivity contribution in [3.8, 4) is 0 Å². The highest BCUT2D eigenvalue weighted by atomic mass is 16.6. The SMILES string of the molecule is C/C=C(\C)C(=O)O[C@H]1C(C(C)C)[C@H](OC(C)=O)[C@H]2O[C@]2(C)CC/C=C(/C)[C@@H]1O. The Balaban J connectivity index is 2.51. The zero-order chi connectivity index (χ0) is 21.2. The monoisotopic (exact) mass is 394 g/mol. The normalized spacial score (nSPS) is 38.1. The fraction of sp³-hybridized carbons (Fsp3) is 0.727. The molecule has 1 aliphatic heterocycles. The van der Waals surface area contributed by atoms with Crippen LogP contribution in [0.4, 0.5) is 0 Å². The van der Waals surface area contributed by atoms with E-state index in [1.165, 1.54) is 6.92 Å². The lowest BCUT2D eigenvalue weighted by Gasteiger charge is -2.38. The maximum Gasteiger partial charge on any atom is 0.333 e. The van der Waals surface area contributed by atoms with Crippen molar-refractivity contribution < 1.29 is 28.9 Å². The number of rotatable bonds is 4. The van der Waals surface area contributed by atoms with Gasteiger partial charge in [0.05, 0.1) is 5.60 Å². The molecule has 0 saturated carbocycles. The number of ether oxygens (including phenoxy) is 3. The third kappa shape index (κ3) is 4.84. The molecular weight excluding hydrogens is 360 g/mol. The first kappa shape index (κ1) is 22.6. The molecule has 0 aromatic rings. The molecule has 0 bridgehead atoms. The van der Waals surface area contributed by atoms with Crippen molar-refractivity contribution >= 4 is 11.9 Å². The predicted octanol–water partition coefficient (Wildman–Crippen LogP) is 3.33. The highest BCUT2D eigenvalue weighted by Gasteiger charge is 2.61. The van der Waals surface area contributed by atoms with E-state index in [4.69, 9.17) is 14.2 Å². The van der Waals surface area contributed by atoms with Crippen molar-refractivity contribution in [2.24, 2.45) is 11.8 Å². The zero-order valence-electron chi connectivity index (χ0n) is 18.0. The Bertz CT molecular complexity index is 664. The first-order valence-electron chi connectivity index (χ1n) is 10.1. The van der Waals surface area contributed by atoms with E-state index in [1.54, 1.807) is 19.9 Å². The largest absolute Gasteiger partial charge is 0.459 e. The van der Waals surface area contributed by atoms with Gasteiger partial charge in [0.25, 0.3) is 0 Å². The fourth-order valence-electron chi connectivity index (χ4n) is 4.01. The summed E-state index contributed by atoms with van der Waals surface area (Å²) in [6.45, 7) is 12.6. The van der Waals surface area contributed by atoms with E-state index in [0.717, 1.165) is 18.4 Å². The van der Waals surface area contributed by atoms with Gasteiger partial charge in [0.2, 0.25) is 0 Å². The lowest BCUT2D eigenvalue weighted by atomic mass is 9.77. The molecule has 0 aromatic carbocycles. The van der Waals surface area contributed by atoms with Crippen LogP contribution in [-0.2, 0) is 23.8 Å². The van der Waals surface area contributed by atoms with E-state index in [2.05, 4.69) is 0 Å². The van der Waals surface area contributed by atoms with Gasteiger partial charge in [0.1, 0.15) is 24.4 Å². The molecule has 0 spiro atoms. The number of carbonyl (C=O) groups is 2. The number of fused-ring (bicyclic) bond motifs is 1. The second kappa shape index (κ2) is 8.78. The molecule has 1 N–H and O–H groups in total.